The maximum absolute atomic E-state index is 13.2. The highest BCUT2D eigenvalue weighted by molar-refractivity contribution is 7.91. The van der Waals surface area contributed by atoms with Gasteiger partial charge < -0.3 is 10.1 Å². The van der Waals surface area contributed by atoms with Gasteiger partial charge in [-0.3, -0.25) is 0 Å². The number of carbonyl (C=O) groups is 1. The zero-order valence-electron chi connectivity index (χ0n) is 17.7. The molecule has 1 aliphatic heterocycles. The summed E-state index contributed by atoms with van der Waals surface area (Å²) >= 11 is 0. The number of fused-ring (bicyclic) bond motifs is 2. The fourth-order valence-electron chi connectivity index (χ4n) is 4.26. The van der Waals surface area contributed by atoms with Crippen LogP contribution in [-0.2, 0) is 29.3 Å². The van der Waals surface area contributed by atoms with E-state index in [9.17, 15) is 14.3 Å². The van der Waals surface area contributed by atoms with Crippen LogP contribution in [0, 0.1) is 11.3 Å². The molecule has 1 aromatic carbocycles. The predicted molar refractivity (Wildman–Crippen MR) is 121 cm³/mol. The average Bonchev–Trinajstić information content (AvgIpc) is 3.46. The first kappa shape index (κ1) is 21.1. The third kappa shape index (κ3) is 3.94. The lowest BCUT2D eigenvalue weighted by atomic mass is 9.97. The molecule has 1 aliphatic carbocycles. The summed E-state index contributed by atoms with van der Waals surface area (Å²) in [7, 11) is -3.58. The Hall–Kier alpha value is -3.75. The van der Waals surface area contributed by atoms with E-state index in [0.717, 1.165) is 47.9 Å². The van der Waals surface area contributed by atoms with Crippen LogP contribution in [0.25, 0.3) is 11.1 Å². The number of aromatic nitrogens is 3. The highest BCUT2D eigenvalue weighted by Crippen LogP contribution is 2.38. The number of nitriles is 1. The third-order valence-electron chi connectivity index (χ3n) is 5.75. The van der Waals surface area contributed by atoms with Crippen LogP contribution >= 0.6 is 0 Å². The van der Waals surface area contributed by atoms with Gasteiger partial charge in [0, 0.05) is 24.7 Å². The molecule has 3 aromatic rings. The van der Waals surface area contributed by atoms with Gasteiger partial charge in [-0.15, -0.1) is 4.36 Å². The molecule has 10 nitrogen and oxygen atoms in total. The number of amides is 2. The number of nitrogens with zero attached hydrogens (tertiary/aromatic N) is 5. The monoisotopic (exact) mass is 463 g/mol. The largest absolute Gasteiger partial charge is 0.477 e. The van der Waals surface area contributed by atoms with Gasteiger partial charge in [-0.05, 0) is 48.1 Å². The summed E-state index contributed by atoms with van der Waals surface area (Å²) < 4.78 is 24.1. The van der Waals surface area contributed by atoms with Gasteiger partial charge in [-0.25, -0.2) is 23.8 Å². The summed E-state index contributed by atoms with van der Waals surface area (Å²) in [6.45, 7) is 1.07. The molecule has 2 amide bonds. The lowest BCUT2D eigenvalue weighted by Gasteiger charge is -2.17. The minimum Gasteiger partial charge on any atom is -0.477 e. The van der Waals surface area contributed by atoms with Gasteiger partial charge in [0.25, 0.3) is 0 Å². The Balaban J connectivity index is 1.53. The number of urea groups is 1. The molecule has 0 saturated carbocycles. The standard InChI is InChI=1S/C22H21N7O3S/c23-12-16-11-15(7-8-25-16)18-6-5-14-3-1-4-17(14)20(18)27-22(30)28-33(24,31)19-13-26-29-9-2-10-32-21(19)29/h5-8,11,13H,1-4,9-10H2,(H3,24,27,28,30,31)/t33-/m1/s1. The van der Waals surface area contributed by atoms with Crippen molar-refractivity contribution < 1.29 is 13.7 Å². The van der Waals surface area contributed by atoms with Gasteiger partial charge in [0.1, 0.15) is 16.7 Å². The summed E-state index contributed by atoms with van der Waals surface area (Å²) in [6, 6.07) is 8.56. The molecule has 168 valence electrons. The second-order valence-corrected chi connectivity index (χ2v) is 9.61. The maximum Gasteiger partial charge on any atom is 0.354 e. The van der Waals surface area contributed by atoms with Gasteiger partial charge in [0.05, 0.1) is 18.5 Å². The fourth-order valence-corrected chi connectivity index (χ4v) is 5.26. The molecule has 3 heterocycles. The van der Waals surface area contributed by atoms with Gasteiger partial charge >= 0.3 is 6.03 Å². The SMILES string of the molecule is N#Cc1cc(-c2ccc3c(c2NC(=O)N=[S@@](N)(=O)c2cnn4c2OCCC4)CCC3)ccn1. The van der Waals surface area contributed by atoms with Crippen molar-refractivity contribution in [2.45, 2.75) is 37.1 Å². The fraction of sp³-hybridized carbons (Fsp3) is 0.273. The molecular weight excluding hydrogens is 442 g/mol. The van der Waals surface area contributed by atoms with Crippen LogP contribution in [0.1, 0.15) is 29.7 Å². The quantitative estimate of drug-likeness (QED) is 0.610. The van der Waals surface area contributed by atoms with Gasteiger partial charge in [-0.1, -0.05) is 12.1 Å². The minimum atomic E-state index is -3.58. The molecule has 33 heavy (non-hydrogen) atoms. The molecule has 3 N–H and O–H groups in total. The second kappa shape index (κ2) is 8.31. The van der Waals surface area contributed by atoms with Crippen molar-refractivity contribution >= 4 is 21.6 Å². The van der Waals surface area contributed by atoms with E-state index in [-0.39, 0.29) is 16.5 Å². The van der Waals surface area contributed by atoms with E-state index in [4.69, 9.17) is 9.88 Å². The predicted octanol–water partition coefficient (Wildman–Crippen LogP) is 3.02. The normalized spacial score (nSPS) is 16.0. The molecule has 0 radical (unpaired) electrons. The molecule has 11 heteroatoms. The van der Waals surface area contributed by atoms with Crippen molar-refractivity contribution in [1.82, 2.24) is 14.8 Å². The lowest BCUT2D eigenvalue weighted by Crippen LogP contribution is -2.21. The maximum atomic E-state index is 13.2. The Morgan fingerprint density at radius 3 is 3.03 bits per heavy atom. The number of anilines is 1. The van der Waals surface area contributed by atoms with Crippen LogP contribution in [0.3, 0.4) is 0 Å². The molecule has 1 atom stereocenters. The number of benzene rings is 1. The van der Waals surface area contributed by atoms with Crippen LogP contribution in [0.15, 0.2) is 45.9 Å². The van der Waals surface area contributed by atoms with Crippen molar-refractivity contribution in [2.24, 2.45) is 9.50 Å². The Morgan fingerprint density at radius 1 is 1.30 bits per heavy atom. The number of aryl methyl sites for hydroxylation is 2. The number of pyridine rings is 1. The molecule has 2 aliphatic rings. The summed E-state index contributed by atoms with van der Waals surface area (Å²) in [5.74, 6) is 0.285. The number of hydrogen-bond acceptors (Lipinski definition) is 6. The molecule has 0 saturated heterocycles. The zero-order valence-corrected chi connectivity index (χ0v) is 18.5. The first-order valence-corrected chi connectivity index (χ1v) is 12.1. The van der Waals surface area contributed by atoms with E-state index in [1.54, 1.807) is 23.0 Å². The van der Waals surface area contributed by atoms with E-state index in [1.807, 2.05) is 18.2 Å². The number of carbonyl (C=O) groups excluding carboxylic acids is 1. The second-order valence-electron chi connectivity index (χ2n) is 7.85. The van der Waals surface area contributed by atoms with Crippen molar-refractivity contribution in [1.29, 1.82) is 5.26 Å². The highest BCUT2D eigenvalue weighted by Gasteiger charge is 2.25. The van der Waals surface area contributed by atoms with E-state index in [0.29, 0.717) is 18.8 Å². The van der Waals surface area contributed by atoms with Crippen molar-refractivity contribution in [3.63, 3.8) is 0 Å². The molecule has 5 rings (SSSR count). The number of rotatable bonds is 3. The van der Waals surface area contributed by atoms with Gasteiger partial charge in [0.15, 0.2) is 9.92 Å². The zero-order chi connectivity index (χ0) is 23.0. The van der Waals surface area contributed by atoms with Crippen molar-refractivity contribution in [3.8, 4) is 23.1 Å². The Bertz CT molecular complexity index is 1430. The van der Waals surface area contributed by atoms with Crippen molar-refractivity contribution in [2.75, 3.05) is 11.9 Å². The highest BCUT2D eigenvalue weighted by atomic mass is 32.2. The minimum absolute atomic E-state index is 0.101. The topological polar surface area (TPSA) is 148 Å². The van der Waals surface area contributed by atoms with Crippen LogP contribution in [0.5, 0.6) is 5.88 Å². The molecule has 0 fully saturated rings. The Kier molecular flexibility index (Phi) is 5.32. The number of nitrogens with two attached hydrogens (primary N) is 1. The van der Waals surface area contributed by atoms with Crippen LogP contribution in [-0.4, -0.2) is 31.6 Å². The van der Waals surface area contributed by atoms with Crippen molar-refractivity contribution in [3.05, 3.63) is 53.5 Å². The van der Waals surface area contributed by atoms with E-state index >= 15 is 0 Å². The Morgan fingerprint density at radius 2 is 2.18 bits per heavy atom. The van der Waals surface area contributed by atoms with E-state index in [1.165, 1.54) is 6.20 Å². The van der Waals surface area contributed by atoms with Gasteiger partial charge in [0.2, 0.25) is 5.88 Å². The number of ether oxygens (including phenoxy) is 1. The molecule has 0 unspecified atom stereocenters. The summed E-state index contributed by atoms with van der Waals surface area (Å²) in [4.78, 5) is 17.0. The number of hydrogen-bond donors (Lipinski definition) is 2. The molecule has 2 aromatic heterocycles. The van der Waals surface area contributed by atoms with Crippen LogP contribution in [0.2, 0.25) is 0 Å². The van der Waals surface area contributed by atoms with E-state index in [2.05, 4.69) is 19.8 Å². The summed E-state index contributed by atoms with van der Waals surface area (Å²) in [5, 5.41) is 22.2. The van der Waals surface area contributed by atoms with E-state index < -0.39 is 15.9 Å². The molecule has 0 spiro atoms. The van der Waals surface area contributed by atoms with Crippen LogP contribution in [0.4, 0.5) is 10.5 Å². The van der Waals surface area contributed by atoms with Gasteiger partial charge in [-0.2, -0.15) is 10.4 Å². The summed E-state index contributed by atoms with van der Waals surface area (Å²) in [6.07, 6.45) is 6.33. The first-order valence-electron chi connectivity index (χ1n) is 10.5. The smallest absolute Gasteiger partial charge is 0.354 e. The Labute approximate surface area is 190 Å². The number of nitrogens with one attached hydrogen (secondary N) is 1. The summed E-state index contributed by atoms with van der Waals surface area (Å²) in [5.41, 5.74) is 4.45. The average molecular weight is 464 g/mol. The van der Waals surface area contributed by atoms with Crippen LogP contribution < -0.4 is 15.2 Å². The third-order valence-corrected chi connectivity index (χ3v) is 7.09. The molecule has 0 bridgehead atoms. The first-order chi connectivity index (χ1) is 16.0. The lowest BCUT2D eigenvalue weighted by molar-refractivity contribution is 0.224. The molecular formula is C22H21N7O3S.